The Morgan fingerprint density at radius 3 is 2.41 bits per heavy atom. The van der Waals surface area contributed by atoms with Crippen LogP contribution >= 0.6 is 0 Å². The predicted molar refractivity (Wildman–Crippen MR) is 140 cm³/mol. The molecule has 2 N–H and O–H groups in total. The Bertz CT molecular complexity index is 1260. The molecule has 3 aromatic rings. The zero-order valence-corrected chi connectivity index (χ0v) is 21.3. The van der Waals surface area contributed by atoms with Crippen LogP contribution in [0.4, 0.5) is 17.7 Å². The van der Waals surface area contributed by atoms with Gasteiger partial charge in [-0.25, -0.2) is 24.9 Å². The van der Waals surface area contributed by atoms with Crippen molar-refractivity contribution in [1.82, 2.24) is 34.4 Å². The fraction of sp³-hybridized carbons (Fsp3) is 0.600. The second-order valence-corrected chi connectivity index (χ2v) is 10.1. The minimum Gasteiger partial charge on any atom is -0.378 e. The van der Waals surface area contributed by atoms with Gasteiger partial charge in [0, 0.05) is 64.6 Å². The van der Waals surface area contributed by atoms with Gasteiger partial charge in [0.25, 0.3) is 0 Å². The average Bonchev–Trinajstić information content (AvgIpc) is 3.69. The molecule has 3 aliphatic rings. The number of amides is 1. The maximum absolute atomic E-state index is 12.5. The van der Waals surface area contributed by atoms with Gasteiger partial charge in [-0.15, -0.1) is 0 Å². The number of hydrogen-bond donors (Lipinski definition) is 1. The molecular weight excluding hydrogens is 472 g/mol. The molecule has 0 unspecified atom stereocenters. The van der Waals surface area contributed by atoms with Crippen molar-refractivity contribution in [1.29, 1.82) is 0 Å². The number of fused-ring (bicyclic) bond motifs is 1. The molecule has 0 radical (unpaired) electrons. The van der Waals surface area contributed by atoms with Crippen molar-refractivity contribution < 1.29 is 9.53 Å². The van der Waals surface area contributed by atoms with Crippen LogP contribution in [-0.4, -0.2) is 92.8 Å². The van der Waals surface area contributed by atoms with Gasteiger partial charge in [0.05, 0.1) is 18.8 Å². The summed E-state index contributed by atoms with van der Waals surface area (Å²) in [6, 6.07) is 0. The topological polar surface area (TPSA) is 131 Å². The third kappa shape index (κ3) is 4.89. The maximum Gasteiger partial charge on any atom is 0.222 e. The summed E-state index contributed by atoms with van der Waals surface area (Å²) in [4.78, 5) is 42.4. The molecule has 6 rings (SSSR count). The third-order valence-corrected chi connectivity index (χ3v) is 7.31. The average molecular weight is 507 g/mol. The highest BCUT2D eigenvalue weighted by Gasteiger charge is 2.31. The summed E-state index contributed by atoms with van der Waals surface area (Å²) in [5, 5.41) is 0. The van der Waals surface area contributed by atoms with Gasteiger partial charge in [0.1, 0.15) is 0 Å². The van der Waals surface area contributed by atoms with Gasteiger partial charge in [-0.2, -0.15) is 0 Å². The molecule has 37 heavy (non-hydrogen) atoms. The fourth-order valence-electron chi connectivity index (χ4n) is 5.05. The van der Waals surface area contributed by atoms with Crippen LogP contribution in [0.3, 0.4) is 0 Å². The first-order chi connectivity index (χ1) is 18.1. The van der Waals surface area contributed by atoms with Gasteiger partial charge in [-0.3, -0.25) is 9.36 Å². The Labute approximate surface area is 215 Å². The van der Waals surface area contributed by atoms with E-state index >= 15 is 0 Å². The van der Waals surface area contributed by atoms with Crippen molar-refractivity contribution >= 4 is 34.8 Å². The quantitative estimate of drug-likeness (QED) is 0.503. The molecule has 3 aromatic heterocycles. The zero-order valence-electron chi connectivity index (χ0n) is 21.3. The second kappa shape index (κ2) is 10.1. The van der Waals surface area contributed by atoms with Crippen LogP contribution in [0.1, 0.15) is 32.6 Å². The number of imidazole rings is 1. The van der Waals surface area contributed by atoms with E-state index in [0.29, 0.717) is 44.5 Å². The smallest absolute Gasteiger partial charge is 0.222 e. The lowest BCUT2D eigenvalue weighted by Crippen LogP contribution is -2.49. The number of carbonyl (C=O) groups excluding carboxylic acids is 1. The number of ether oxygens (including phenoxy) is 1. The van der Waals surface area contributed by atoms with E-state index in [1.165, 1.54) is 12.8 Å². The lowest BCUT2D eigenvalue weighted by atomic mass is 10.2. The van der Waals surface area contributed by atoms with E-state index in [1.54, 1.807) is 12.4 Å². The van der Waals surface area contributed by atoms with Crippen LogP contribution in [0.15, 0.2) is 12.4 Å². The molecule has 2 aliphatic heterocycles. The summed E-state index contributed by atoms with van der Waals surface area (Å²) in [5.41, 5.74) is 8.08. The highest BCUT2D eigenvalue weighted by atomic mass is 16.5. The van der Waals surface area contributed by atoms with Gasteiger partial charge in [0.15, 0.2) is 22.8 Å². The number of nitrogen functional groups attached to an aromatic ring is 1. The van der Waals surface area contributed by atoms with Crippen LogP contribution < -0.4 is 15.5 Å². The largest absolute Gasteiger partial charge is 0.378 e. The monoisotopic (exact) mass is 506 g/mol. The molecule has 196 valence electrons. The van der Waals surface area contributed by atoms with E-state index in [-0.39, 0.29) is 11.9 Å². The van der Waals surface area contributed by atoms with Crippen molar-refractivity contribution in [3.8, 4) is 11.4 Å². The molecule has 0 aromatic carbocycles. The molecule has 12 heteroatoms. The van der Waals surface area contributed by atoms with Gasteiger partial charge in [-0.05, 0) is 25.2 Å². The van der Waals surface area contributed by atoms with Gasteiger partial charge >= 0.3 is 0 Å². The number of nitrogens with two attached hydrogens (primary N) is 1. The van der Waals surface area contributed by atoms with E-state index in [0.717, 1.165) is 67.6 Å². The van der Waals surface area contributed by atoms with Crippen molar-refractivity contribution in [2.45, 2.75) is 39.2 Å². The lowest BCUT2D eigenvalue weighted by Gasteiger charge is -2.35. The first-order valence-electron chi connectivity index (χ1n) is 13.3. The van der Waals surface area contributed by atoms with Crippen LogP contribution in [0, 0.1) is 5.92 Å². The minimum atomic E-state index is 0.218. The summed E-state index contributed by atoms with van der Waals surface area (Å²) >= 11 is 0. The van der Waals surface area contributed by atoms with Crippen molar-refractivity contribution in [3.05, 3.63) is 12.4 Å². The summed E-state index contributed by atoms with van der Waals surface area (Å²) in [5.74, 6) is 3.38. The molecule has 5 heterocycles. The number of hydrogen-bond acceptors (Lipinski definition) is 10. The van der Waals surface area contributed by atoms with E-state index in [1.807, 2.05) is 11.8 Å². The molecule has 3 fully saturated rings. The fourth-order valence-corrected chi connectivity index (χ4v) is 5.05. The molecule has 0 bridgehead atoms. The van der Waals surface area contributed by atoms with E-state index < -0.39 is 0 Å². The SMILES string of the molecule is CCCC(=O)N1CCN(c2nc3c(N4CCOCC4)nc(-c4cnc(N)nc4)nc3n2CC2CC2)CC1. The molecule has 0 spiro atoms. The Kier molecular flexibility index (Phi) is 6.49. The summed E-state index contributed by atoms with van der Waals surface area (Å²) < 4.78 is 7.88. The van der Waals surface area contributed by atoms with E-state index in [4.69, 9.17) is 25.4 Å². The van der Waals surface area contributed by atoms with Gasteiger partial charge < -0.3 is 25.2 Å². The minimum absolute atomic E-state index is 0.218. The molecular formula is C25H34N10O2. The molecule has 12 nitrogen and oxygen atoms in total. The van der Waals surface area contributed by atoms with E-state index in [2.05, 4.69) is 24.3 Å². The molecule has 2 saturated heterocycles. The lowest BCUT2D eigenvalue weighted by molar-refractivity contribution is -0.131. The zero-order chi connectivity index (χ0) is 25.4. The number of rotatable bonds is 7. The predicted octanol–water partition coefficient (Wildman–Crippen LogP) is 1.56. The Morgan fingerprint density at radius 2 is 1.73 bits per heavy atom. The first-order valence-corrected chi connectivity index (χ1v) is 13.3. The number of nitrogens with zero attached hydrogens (tertiary/aromatic N) is 9. The molecule has 1 aliphatic carbocycles. The van der Waals surface area contributed by atoms with Crippen molar-refractivity contribution in [2.75, 3.05) is 68.0 Å². The number of carbonyl (C=O) groups is 1. The maximum atomic E-state index is 12.5. The highest BCUT2D eigenvalue weighted by Crippen LogP contribution is 2.36. The van der Waals surface area contributed by atoms with Crippen molar-refractivity contribution in [2.24, 2.45) is 5.92 Å². The van der Waals surface area contributed by atoms with Crippen LogP contribution in [0.25, 0.3) is 22.6 Å². The standard InChI is InChI=1S/C25H34N10O2/c1-2-3-19(36)32-6-8-34(9-7-32)25-29-20-22(33-10-12-37-13-11-33)30-21(18-14-27-24(26)28-15-18)31-23(20)35(25)16-17-4-5-17/h14-15,17H,2-13,16H2,1H3,(H2,26,27,28). The summed E-state index contributed by atoms with van der Waals surface area (Å²) in [6.45, 7) is 8.63. The van der Waals surface area contributed by atoms with Crippen LogP contribution in [-0.2, 0) is 16.1 Å². The first kappa shape index (κ1) is 23.8. The molecule has 0 atom stereocenters. The van der Waals surface area contributed by atoms with Crippen LogP contribution in [0.5, 0.6) is 0 Å². The number of aromatic nitrogens is 6. The summed E-state index contributed by atoms with van der Waals surface area (Å²) in [6.07, 6.45) is 7.26. The molecule has 1 amide bonds. The summed E-state index contributed by atoms with van der Waals surface area (Å²) in [7, 11) is 0. The second-order valence-electron chi connectivity index (χ2n) is 10.1. The third-order valence-electron chi connectivity index (χ3n) is 7.31. The Balaban J connectivity index is 1.42. The normalized spacial score (nSPS) is 18.6. The van der Waals surface area contributed by atoms with Crippen molar-refractivity contribution in [3.63, 3.8) is 0 Å². The number of morpholine rings is 1. The van der Waals surface area contributed by atoms with E-state index in [9.17, 15) is 4.79 Å². The molecule has 1 saturated carbocycles. The Morgan fingerprint density at radius 1 is 1.00 bits per heavy atom. The number of piperazine rings is 1. The van der Waals surface area contributed by atoms with Gasteiger partial charge in [0.2, 0.25) is 17.8 Å². The Hall–Kier alpha value is -3.54. The number of anilines is 3. The highest BCUT2D eigenvalue weighted by molar-refractivity contribution is 5.88. The van der Waals surface area contributed by atoms with Gasteiger partial charge in [-0.1, -0.05) is 6.92 Å². The van der Waals surface area contributed by atoms with Crippen LogP contribution in [0.2, 0.25) is 0 Å².